The first-order valence-corrected chi connectivity index (χ1v) is 12.6. The van der Waals surface area contributed by atoms with E-state index in [0.717, 1.165) is 25.7 Å². The van der Waals surface area contributed by atoms with Crippen molar-refractivity contribution < 1.29 is 13.3 Å². The minimum atomic E-state index is -2.90. The first kappa shape index (κ1) is 16.1. The summed E-state index contributed by atoms with van der Waals surface area (Å²) < 4.78 is 51.6. The molecule has 170 valence electrons. The fourth-order valence-electron chi connectivity index (χ4n) is 7.99. The molecule has 0 aromatic heterocycles. The molecule has 0 heterocycles. The van der Waals surface area contributed by atoms with Gasteiger partial charge in [-0.3, -0.25) is 0 Å². The van der Waals surface area contributed by atoms with Gasteiger partial charge in [0.2, 0.25) is 0 Å². The van der Waals surface area contributed by atoms with Crippen molar-refractivity contribution in [2.24, 2.45) is 52.3 Å². The third kappa shape index (κ3) is 3.66. The van der Waals surface area contributed by atoms with E-state index in [1.54, 1.807) is 0 Å². The van der Waals surface area contributed by atoms with E-state index in [-0.39, 0.29) is 35.3 Å². The Labute approximate surface area is 195 Å². The normalized spacial score (nSPS) is 54.7. The van der Waals surface area contributed by atoms with Crippen molar-refractivity contribution in [3.63, 3.8) is 0 Å². The molecule has 1 heteroatoms. The molecule has 3 saturated carbocycles. The Morgan fingerprint density at radius 2 is 1.97 bits per heavy atom. The van der Waals surface area contributed by atoms with Crippen molar-refractivity contribution in [3.8, 4) is 0 Å². The zero-order valence-corrected chi connectivity index (χ0v) is 20.1. The summed E-state index contributed by atoms with van der Waals surface area (Å²) in [7, 11) is 0. The monoisotopic (exact) mass is 418 g/mol. The molecule has 1 nitrogen and oxygen atoms in total. The van der Waals surface area contributed by atoms with E-state index in [2.05, 4.69) is 46.8 Å². The minimum Gasteiger partial charge on any atom is -0.393 e. The average molecular weight is 419 g/mol. The quantitative estimate of drug-likeness (QED) is 0.451. The maximum atomic E-state index is 10.7. The highest BCUT2D eigenvalue weighted by molar-refractivity contribution is 5.25. The molecule has 4 rings (SSSR count). The van der Waals surface area contributed by atoms with Crippen molar-refractivity contribution in [2.75, 3.05) is 0 Å². The van der Waals surface area contributed by atoms with E-state index in [0.29, 0.717) is 36.0 Å². The van der Waals surface area contributed by atoms with Gasteiger partial charge in [0, 0.05) is 5.48 Å². The topological polar surface area (TPSA) is 20.2 Å². The first-order valence-electron chi connectivity index (χ1n) is 15.6. The Morgan fingerprint density at radius 1 is 1.20 bits per heavy atom. The lowest BCUT2D eigenvalue weighted by atomic mass is 9.47. The molecule has 4 aliphatic carbocycles. The molecule has 4 aliphatic rings. The third-order valence-corrected chi connectivity index (χ3v) is 9.91. The van der Waals surface area contributed by atoms with Gasteiger partial charge in [0.1, 0.15) is 0 Å². The number of aliphatic hydroxyl groups is 1. The summed E-state index contributed by atoms with van der Waals surface area (Å²) in [6.45, 7) is 13.6. The maximum absolute atomic E-state index is 10.7. The predicted octanol–water partition coefficient (Wildman–Crippen LogP) is 7.80. The average Bonchev–Trinajstić information content (AvgIpc) is 3.09. The van der Waals surface area contributed by atoms with Gasteiger partial charge in [-0.05, 0) is 110 Å². The summed E-state index contributed by atoms with van der Waals surface area (Å²) >= 11 is 0. The molecule has 1 N–H and O–H groups in total. The molecule has 30 heavy (non-hydrogen) atoms. The number of hydrogen-bond donors (Lipinski definition) is 1. The smallest absolute Gasteiger partial charge is 0.0604 e. The van der Waals surface area contributed by atoms with Crippen molar-refractivity contribution in [1.82, 2.24) is 0 Å². The molecular weight excluding hydrogens is 364 g/mol. The van der Waals surface area contributed by atoms with E-state index >= 15 is 0 Å². The molecule has 0 saturated heterocycles. The molecule has 0 amide bonds. The van der Waals surface area contributed by atoms with E-state index in [4.69, 9.17) is 8.22 Å². The summed E-state index contributed by atoms with van der Waals surface area (Å²) in [6, 6.07) is 0.202. The summed E-state index contributed by atoms with van der Waals surface area (Å²) in [4.78, 5) is 0. The maximum Gasteiger partial charge on any atom is 0.0604 e. The molecule has 0 radical (unpaired) electrons. The van der Waals surface area contributed by atoms with Gasteiger partial charge in [0.05, 0.1) is 8.82 Å². The largest absolute Gasteiger partial charge is 0.393 e. The van der Waals surface area contributed by atoms with Gasteiger partial charge in [-0.1, -0.05) is 65.3 Å². The highest BCUT2D eigenvalue weighted by atomic mass is 16.3. The van der Waals surface area contributed by atoms with Crippen LogP contribution in [0.4, 0.5) is 0 Å². The van der Waals surface area contributed by atoms with E-state index in [9.17, 15) is 5.11 Å². The van der Waals surface area contributed by atoms with Gasteiger partial charge in [0.15, 0.2) is 0 Å². The van der Waals surface area contributed by atoms with Crippen LogP contribution in [0.2, 0.25) is 0 Å². The molecule has 0 aromatic carbocycles. The molecule has 0 spiro atoms. The van der Waals surface area contributed by atoms with Crippen LogP contribution in [0.3, 0.4) is 0 Å². The second kappa shape index (κ2) is 8.42. The SMILES string of the molecule is [2H]C1=C2C([2H])([2H])[C@@]([2H])(O)C([2H])([2H])C[C@]2(C)[C@H]2CC[C@]3(C)[C@@H]([C@H](C)/C=C/[C@@H](CC)C(C)C)CC[C@H]3[C@@H]2C1. The zero-order chi connectivity index (χ0) is 27.1. The summed E-state index contributed by atoms with van der Waals surface area (Å²) in [5.41, 5.74) is -0.490. The number of rotatable bonds is 5. The predicted molar refractivity (Wildman–Crippen MR) is 128 cm³/mol. The lowest BCUT2D eigenvalue weighted by Gasteiger charge is -2.58. The van der Waals surface area contributed by atoms with Crippen LogP contribution in [-0.2, 0) is 0 Å². The Bertz CT molecular complexity index is 923. The van der Waals surface area contributed by atoms with Crippen molar-refractivity contribution in [2.45, 2.75) is 105 Å². The first-order chi connectivity index (χ1) is 16.5. The molecule has 9 atom stereocenters. The number of hydrogen-bond acceptors (Lipinski definition) is 1. The van der Waals surface area contributed by atoms with E-state index in [1.807, 2.05) is 6.92 Å². The molecule has 0 unspecified atom stereocenters. The van der Waals surface area contributed by atoms with Crippen LogP contribution in [0.1, 0.15) is 107 Å². The van der Waals surface area contributed by atoms with Gasteiger partial charge in [-0.2, -0.15) is 0 Å². The van der Waals surface area contributed by atoms with E-state index in [1.165, 1.54) is 6.42 Å². The van der Waals surface area contributed by atoms with Gasteiger partial charge < -0.3 is 5.11 Å². The Kier molecular flexibility index (Phi) is 4.52. The Hall–Kier alpha value is -0.560. The van der Waals surface area contributed by atoms with E-state index < -0.39 is 24.2 Å². The molecule has 0 bridgehead atoms. The standard InChI is InChI=1S/C29H48O/c1-7-21(19(2)3)9-8-20(4)25-12-13-26-24-11-10-22-18-23(30)14-16-28(22,5)27(24)15-17-29(25,26)6/h8-10,19-21,23-27,30H,7,11-18H2,1-6H3/b9-8+/t20-,21-,23+,24+,25-,26+,27+,28+,29-/m1/s1/i10D,14D2,18D2,23D. The fraction of sp³-hybridized carbons (Fsp3) is 0.862. The van der Waals surface area contributed by atoms with Crippen LogP contribution in [-0.4, -0.2) is 11.2 Å². The van der Waals surface area contributed by atoms with Crippen LogP contribution < -0.4 is 0 Å². The number of allylic oxidation sites excluding steroid dienone is 3. The van der Waals surface area contributed by atoms with Crippen LogP contribution in [0.5, 0.6) is 0 Å². The lowest BCUT2D eigenvalue weighted by Crippen LogP contribution is -2.50. The third-order valence-electron chi connectivity index (χ3n) is 9.91. The van der Waals surface area contributed by atoms with Gasteiger partial charge in [0.25, 0.3) is 0 Å². The molecule has 3 fully saturated rings. The second-order valence-electron chi connectivity index (χ2n) is 11.7. The molecule has 0 aliphatic heterocycles. The summed E-state index contributed by atoms with van der Waals surface area (Å²) in [6.07, 6.45) is 2.77. The zero-order valence-electron chi connectivity index (χ0n) is 26.1. The molecular formula is C29H48O. The van der Waals surface area contributed by atoms with Crippen LogP contribution in [0, 0.1) is 52.3 Å². The van der Waals surface area contributed by atoms with Gasteiger partial charge in [-0.15, -0.1) is 0 Å². The van der Waals surface area contributed by atoms with Crippen LogP contribution in [0.15, 0.2) is 23.8 Å². The van der Waals surface area contributed by atoms with Gasteiger partial charge in [-0.25, -0.2) is 0 Å². The van der Waals surface area contributed by atoms with Crippen molar-refractivity contribution >= 4 is 0 Å². The molecule has 0 aromatic rings. The highest BCUT2D eigenvalue weighted by Gasteiger charge is 2.58. The van der Waals surface area contributed by atoms with Crippen molar-refractivity contribution in [1.29, 1.82) is 0 Å². The fourth-order valence-corrected chi connectivity index (χ4v) is 7.99. The second-order valence-corrected chi connectivity index (χ2v) is 11.7. The van der Waals surface area contributed by atoms with Gasteiger partial charge >= 0.3 is 0 Å². The lowest BCUT2D eigenvalue weighted by molar-refractivity contribution is -0.0540. The Morgan fingerprint density at radius 3 is 2.67 bits per heavy atom. The highest BCUT2D eigenvalue weighted by Crippen LogP contribution is 2.67. The van der Waals surface area contributed by atoms with Crippen LogP contribution in [0.25, 0.3) is 0 Å². The minimum absolute atomic E-state index is 0.0796. The summed E-state index contributed by atoms with van der Waals surface area (Å²) in [5.74, 6) is 3.06. The number of fused-ring (bicyclic) bond motifs is 5. The van der Waals surface area contributed by atoms with Crippen LogP contribution >= 0.6 is 0 Å². The van der Waals surface area contributed by atoms with Crippen molar-refractivity contribution in [3.05, 3.63) is 23.8 Å². The Balaban J connectivity index is 1.66. The summed E-state index contributed by atoms with van der Waals surface area (Å²) in [5, 5.41) is 10.7.